The van der Waals surface area contributed by atoms with Gasteiger partial charge in [0.15, 0.2) is 11.6 Å². The minimum absolute atomic E-state index is 0.100. The Morgan fingerprint density at radius 2 is 1.96 bits per heavy atom. The lowest BCUT2D eigenvalue weighted by molar-refractivity contribution is -0.138. The number of ether oxygens (including phenoxy) is 1. The van der Waals surface area contributed by atoms with Gasteiger partial charge in [-0.3, -0.25) is 9.69 Å². The van der Waals surface area contributed by atoms with Gasteiger partial charge in [0.1, 0.15) is 0 Å². The summed E-state index contributed by atoms with van der Waals surface area (Å²) < 4.78 is 32.9. The van der Waals surface area contributed by atoms with E-state index in [1.54, 1.807) is 12.1 Å². The van der Waals surface area contributed by atoms with E-state index in [1.165, 1.54) is 0 Å². The summed E-state index contributed by atoms with van der Waals surface area (Å²) in [6, 6.07) is 4.39. The Morgan fingerprint density at radius 3 is 2.78 bits per heavy atom. The summed E-state index contributed by atoms with van der Waals surface area (Å²) in [5.41, 5.74) is 0.517. The Bertz CT molecular complexity index is 693. The standard InChI is InChI=1S/C21H28F2N2O2/c22-18-4-1-3-17(19(18)23)13-24-9-2-7-21(14-24)8-10-25(15-21)20(26)16-5-11-27-12-6-16/h1,3-4,16H,2,5-15H2/t21-/m0/s1. The smallest absolute Gasteiger partial charge is 0.225 e. The lowest BCUT2D eigenvalue weighted by Crippen LogP contribution is -2.46. The van der Waals surface area contributed by atoms with Crippen LogP contribution in [0.3, 0.4) is 0 Å². The van der Waals surface area contributed by atoms with E-state index in [0.717, 1.165) is 64.3 Å². The zero-order valence-corrected chi connectivity index (χ0v) is 15.8. The molecule has 3 saturated heterocycles. The average Bonchev–Trinajstić information content (AvgIpc) is 3.09. The molecule has 0 radical (unpaired) electrons. The zero-order valence-electron chi connectivity index (χ0n) is 15.8. The third kappa shape index (κ3) is 4.02. The summed E-state index contributed by atoms with van der Waals surface area (Å²) in [6.07, 6.45) is 4.80. The summed E-state index contributed by atoms with van der Waals surface area (Å²) >= 11 is 0. The van der Waals surface area contributed by atoms with Crippen molar-refractivity contribution >= 4 is 5.91 Å². The minimum atomic E-state index is -0.784. The number of nitrogens with zero attached hydrogens (tertiary/aromatic N) is 2. The number of carbonyl (C=O) groups excluding carboxylic acids is 1. The van der Waals surface area contributed by atoms with Crippen LogP contribution >= 0.6 is 0 Å². The quantitative estimate of drug-likeness (QED) is 0.810. The van der Waals surface area contributed by atoms with Crippen molar-refractivity contribution in [3.05, 3.63) is 35.4 Å². The van der Waals surface area contributed by atoms with Gasteiger partial charge in [-0.25, -0.2) is 8.78 Å². The first-order chi connectivity index (χ1) is 13.1. The lowest BCUT2D eigenvalue weighted by Gasteiger charge is -2.40. The van der Waals surface area contributed by atoms with Gasteiger partial charge in [0.05, 0.1) is 0 Å². The molecule has 4 rings (SSSR count). The number of carbonyl (C=O) groups is 1. The van der Waals surface area contributed by atoms with Crippen LogP contribution in [0.1, 0.15) is 37.7 Å². The molecule has 3 aliphatic heterocycles. The van der Waals surface area contributed by atoms with Crippen molar-refractivity contribution in [3.8, 4) is 0 Å². The van der Waals surface area contributed by atoms with E-state index < -0.39 is 11.6 Å². The Morgan fingerprint density at radius 1 is 1.15 bits per heavy atom. The first-order valence-electron chi connectivity index (χ1n) is 10.1. The van der Waals surface area contributed by atoms with Crippen LogP contribution in [0.15, 0.2) is 18.2 Å². The highest BCUT2D eigenvalue weighted by atomic mass is 19.2. The molecule has 0 aliphatic carbocycles. The second kappa shape index (κ2) is 7.84. The van der Waals surface area contributed by atoms with E-state index in [1.807, 2.05) is 4.90 Å². The molecule has 0 bridgehead atoms. The van der Waals surface area contributed by atoms with Gasteiger partial charge < -0.3 is 9.64 Å². The second-order valence-electron chi connectivity index (χ2n) is 8.42. The maximum atomic E-state index is 14.0. The molecular formula is C21H28F2N2O2. The maximum absolute atomic E-state index is 14.0. The number of rotatable bonds is 3. The fourth-order valence-electron chi connectivity index (χ4n) is 5.02. The number of benzene rings is 1. The summed E-state index contributed by atoms with van der Waals surface area (Å²) in [4.78, 5) is 17.1. The summed E-state index contributed by atoms with van der Waals surface area (Å²) in [7, 11) is 0. The summed E-state index contributed by atoms with van der Waals surface area (Å²) in [5.74, 6) is -1.13. The highest BCUT2D eigenvalue weighted by Gasteiger charge is 2.43. The molecule has 0 saturated carbocycles. The lowest BCUT2D eigenvalue weighted by atomic mass is 9.79. The van der Waals surface area contributed by atoms with Crippen LogP contribution in [0.4, 0.5) is 8.78 Å². The molecule has 0 aromatic heterocycles. The molecule has 1 aromatic rings. The molecule has 3 aliphatic rings. The highest BCUT2D eigenvalue weighted by Crippen LogP contribution is 2.40. The number of hydrogen-bond acceptors (Lipinski definition) is 3. The van der Waals surface area contributed by atoms with Crippen molar-refractivity contribution in [2.45, 2.75) is 38.6 Å². The van der Waals surface area contributed by atoms with Gasteiger partial charge in [0.2, 0.25) is 5.91 Å². The summed E-state index contributed by atoms with van der Waals surface area (Å²) in [6.45, 7) is 5.15. The molecule has 0 unspecified atom stereocenters. The molecule has 3 fully saturated rings. The molecule has 1 amide bonds. The van der Waals surface area contributed by atoms with E-state index in [-0.39, 0.29) is 17.2 Å². The van der Waals surface area contributed by atoms with Crippen LogP contribution < -0.4 is 0 Å². The van der Waals surface area contributed by atoms with Gasteiger partial charge in [-0.05, 0) is 44.7 Å². The Hall–Kier alpha value is -1.53. The molecule has 1 spiro atoms. The van der Waals surface area contributed by atoms with Crippen LogP contribution in [0.5, 0.6) is 0 Å². The van der Waals surface area contributed by atoms with Crippen molar-refractivity contribution < 1.29 is 18.3 Å². The monoisotopic (exact) mass is 378 g/mol. The Balaban J connectivity index is 1.39. The highest BCUT2D eigenvalue weighted by molar-refractivity contribution is 5.79. The largest absolute Gasteiger partial charge is 0.381 e. The van der Waals surface area contributed by atoms with Crippen LogP contribution in [-0.4, -0.2) is 55.1 Å². The number of piperidine rings is 1. The predicted molar refractivity (Wildman–Crippen MR) is 98.0 cm³/mol. The van der Waals surface area contributed by atoms with Gasteiger partial charge in [-0.1, -0.05) is 12.1 Å². The fourth-order valence-corrected chi connectivity index (χ4v) is 5.02. The number of halogens is 2. The van der Waals surface area contributed by atoms with Gasteiger partial charge in [0, 0.05) is 56.3 Å². The van der Waals surface area contributed by atoms with Crippen molar-refractivity contribution in [2.75, 3.05) is 39.4 Å². The number of amides is 1. The first kappa shape index (κ1) is 18.8. The van der Waals surface area contributed by atoms with E-state index in [2.05, 4.69) is 4.90 Å². The zero-order chi connectivity index (χ0) is 18.9. The third-order valence-corrected chi connectivity index (χ3v) is 6.49. The predicted octanol–water partition coefficient (Wildman–Crippen LogP) is 3.21. The molecular weight excluding hydrogens is 350 g/mol. The van der Waals surface area contributed by atoms with Gasteiger partial charge in [0.25, 0.3) is 0 Å². The SMILES string of the molecule is O=C(C1CCOCC1)N1CC[C@]2(CCCN(Cc3cccc(F)c3F)C2)C1. The van der Waals surface area contributed by atoms with Crippen molar-refractivity contribution in [2.24, 2.45) is 11.3 Å². The van der Waals surface area contributed by atoms with Crippen LogP contribution in [0.25, 0.3) is 0 Å². The van der Waals surface area contributed by atoms with Gasteiger partial charge in [-0.15, -0.1) is 0 Å². The van der Waals surface area contributed by atoms with Crippen molar-refractivity contribution in [1.82, 2.24) is 9.80 Å². The third-order valence-electron chi connectivity index (χ3n) is 6.49. The molecule has 0 N–H and O–H groups in total. The van der Waals surface area contributed by atoms with Crippen molar-refractivity contribution in [1.29, 1.82) is 0 Å². The van der Waals surface area contributed by atoms with Crippen LogP contribution in [-0.2, 0) is 16.1 Å². The fraction of sp³-hybridized carbons (Fsp3) is 0.667. The molecule has 3 heterocycles. The topological polar surface area (TPSA) is 32.8 Å². The van der Waals surface area contributed by atoms with Crippen LogP contribution in [0, 0.1) is 23.0 Å². The van der Waals surface area contributed by atoms with Gasteiger partial charge >= 0.3 is 0 Å². The molecule has 6 heteroatoms. The van der Waals surface area contributed by atoms with E-state index in [9.17, 15) is 13.6 Å². The Labute approximate surface area is 159 Å². The van der Waals surface area contributed by atoms with Crippen LogP contribution in [0.2, 0.25) is 0 Å². The second-order valence-corrected chi connectivity index (χ2v) is 8.42. The molecule has 1 atom stereocenters. The molecule has 4 nitrogen and oxygen atoms in total. The van der Waals surface area contributed by atoms with Gasteiger partial charge in [-0.2, -0.15) is 0 Å². The number of likely N-dealkylation sites (tertiary alicyclic amines) is 2. The van der Waals surface area contributed by atoms with Crippen molar-refractivity contribution in [3.63, 3.8) is 0 Å². The van der Waals surface area contributed by atoms with E-state index in [4.69, 9.17) is 4.74 Å². The summed E-state index contributed by atoms with van der Waals surface area (Å²) in [5, 5.41) is 0. The average molecular weight is 378 g/mol. The molecule has 1 aromatic carbocycles. The first-order valence-corrected chi connectivity index (χ1v) is 10.1. The maximum Gasteiger partial charge on any atom is 0.225 e. The molecule has 148 valence electrons. The number of hydrogen-bond donors (Lipinski definition) is 0. The van der Waals surface area contributed by atoms with E-state index >= 15 is 0 Å². The normalized spacial score (nSPS) is 27.4. The molecule has 27 heavy (non-hydrogen) atoms. The Kier molecular flexibility index (Phi) is 5.46. The minimum Gasteiger partial charge on any atom is -0.381 e. The van der Waals surface area contributed by atoms with E-state index in [0.29, 0.717) is 25.3 Å².